The van der Waals surface area contributed by atoms with Gasteiger partial charge in [-0.1, -0.05) is 5.11 Å². The third kappa shape index (κ3) is 3.08. The van der Waals surface area contributed by atoms with E-state index in [1.54, 1.807) is 24.0 Å². The summed E-state index contributed by atoms with van der Waals surface area (Å²) in [6.45, 7) is 2.58. The molecule has 1 aromatic carbocycles. The Morgan fingerprint density at radius 3 is 2.95 bits per heavy atom. The van der Waals surface area contributed by atoms with Gasteiger partial charge in [0.05, 0.1) is 18.4 Å². The van der Waals surface area contributed by atoms with Crippen LogP contribution in [0.2, 0.25) is 0 Å². The molecule has 0 aromatic heterocycles. The largest absolute Gasteiger partial charge is 0.465 e. The molecule has 2 rings (SSSR count). The summed E-state index contributed by atoms with van der Waals surface area (Å²) in [6, 6.07) is 3.37. The van der Waals surface area contributed by atoms with Crippen LogP contribution in [0.4, 0.5) is 5.69 Å². The van der Waals surface area contributed by atoms with Crippen molar-refractivity contribution in [3.05, 3.63) is 38.2 Å². The highest BCUT2D eigenvalue weighted by Crippen LogP contribution is 2.35. The second-order valence-corrected chi connectivity index (χ2v) is 5.84. The fraction of sp³-hybridized carbons (Fsp3) is 0.429. The Kier molecular flexibility index (Phi) is 5.05. The maximum absolute atomic E-state index is 12.2. The van der Waals surface area contributed by atoms with Crippen LogP contribution >= 0.6 is 15.9 Å². The standard InChI is InChI=1S/C14H15BrN4O3/c1-8-10(14(21)22-2)3-4-11(13(8)15)19-7-9(5-12(19)20)6-17-18-16/h3-4,9H,5-7H2,1-2H3. The van der Waals surface area contributed by atoms with E-state index in [0.717, 1.165) is 5.56 Å². The van der Waals surface area contributed by atoms with Gasteiger partial charge in [-0.3, -0.25) is 4.79 Å². The highest BCUT2D eigenvalue weighted by Gasteiger charge is 2.31. The number of methoxy groups -OCH3 is 1. The van der Waals surface area contributed by atoms with E-state index in [1.807, 2.05) is 0 Å². The van der Waals surface area contributed by atoms with Crippen LogP contribution in [0.5, 0.6) is 0 Å². The Balaban J connectivity index is 2.30. The Hall–Kier alpha value is -2.05. The molecule has 1 saturated heterocycles. The number of carbonyl (C=O) groups is 2. The molecule has 0 bridgehead atoms. The number of rotatable bonds is 4. The van der Waals surface area contributed by atoms with E-state index in [1.165, 1.54) is 7.11 Å². The molecule has 0 radical (unpaired) electrons. The fourth-order valence-corrected chi connectivity index (χ4v) is 3.06. The lowest BCUT2D eigenvalue weighted by atomic mass is 10.1. The molecule has 0 N–H and O–H groups in total. The van der Waals surface area contributed by atoms with E-state index in [4.69, 9.17) is 10.3 Å². The predicted molar refractivity (Wildman–Crippen MR) is 84.7 cm³/mol. The monoisotopic (exact) mass is 366 g/mol. The van der Waals surface area contributed by atoms with E-state index in [2.05, 4.69) is 26.0 Å². The lowest BCUT2D eigenvalue weighted by Crippen LogP contribution is -2.25. The van der Waals surface area contributed by atoms with Gasteiger partial charge in [0.15, 0.2) is 0 Å². The summed E-state index contributed by atoms with van der Waals surface area (Å²) < 4.78 is 5.42. The first kappa shape index (κ1) is 16.3. The zero-order chi connectivity index (χ0) is 16.3. The summed E-state index contributed by atoms with van der Waals surface area (Å²) >= 11 is 3.46. The lowest BCUT2D eigenvalue weighted by molar-refractivity contribution is -0.117. The van der Waals surface area contributed by atoms with Gasteiger partial charge in [-0.05, 0) is 52.0 Å². The molecule has 22 heavy (non-hydrogen) atoms. The number of carbonyl (C=O) groups excluding carboxylic acids is 2. The van der Waals surface area contributed by atoms with Crippen molar-refractivity contribution >= 4 is 33.5 Å². The molecule has 1 aliphatic heterocycles. The highest BCUT2D eigenvalue weighted by atomic mass is 79.9. The molecule has 1 unspecified atom stereocenters. The van der Waals surface area contributed by atoms with Crippen molar-refractivity contribution in [2.75, 3.05) is 25.1 Å². The van der Waals surface area contributed by atoms with Gasteiger partial charge in [0.1, 0.15) is 0 Å². The van der Waals surface area contributed by atoms with E-state index in [9.17, 15) is 9.59 Å². The summed E-state index contributed by atoms with van der Waals surface area (Å²) in [4.78, 5) is 28.2. The molecular formula is C14H15BrN4O3. The summed E-state index contributed by atoms with van der Waals surface area (Å²) in [5.41, 5.74) is 10.2. The van der Waals surface area contributed by atoms with Crippen LogP contribution in [-0.4, -0.2) is 32.1 Å². The molecule has 1 fully saturated rings. The first-order chi connectivity index (χ1) is 10.5. The highest BCUT2D eigenvalue weighted by molar-refractivity contribution is 9.10. The van der Waals surface area contributed by atoms with Crippen molar-refractivity contribution in [2.24, 2.45) is 11.0 Å². The van der Waals surface area contributed by atoms with Gasteiger partial charge in [0.25, 0.3) is 0 Å². The molecule has 0 spiro atoms. The topological polar surface area (TPSA) is 95.4 Å². The molecule has 1 heterocycles. The molecule has 0 saturated carbocycles. The third-order valence-corrected chi connectivity index (χ3v) is 4.67. The number of amides is 1. The van der Waals surface area contributed by atoms with Crippen molar-refractivity contribution in [1.29, 1.82) is 0 Å². The Morgan fingerprint density at radius 2 is 2.32 bits per heavy atom. The number of azide groups is 1. The summed E-state index contributed by atoms with van der Waals surface area (Å²) in [6.07, 6.45) is 0.350. The maximum Gasteiger partial charge on any atom is 0.338 e. The molecule has 1 atom stereocenters. The van der Waals surface area contributed by atoms with Crippen LogP contribution in [0.25, 0.3) is 10.4 Å². The Morgan fingerprint density at radius 1 is 1.59 bits per heavy atom. The van der Waals surface area contributed by atoms with E-state index < -0.39 is 5.97 Å². The summed E-state index contributed by atoms with van der Waals surface area (Å²) in [5.74, 6) is -0.432. The number of hydrogen-bond acceptors (Lipinski definition) is 4. The van der Waals surface area contributed by atoms with Crippen LogP contribution < -0.4 is 4.90 Å². The number of nitrogens with zero attached hydrogens (tertiary/aromatic N) is 4. The quantitative estimate of drug-likeness (QED) is 0.354. The molecule has 7 nitrogen and oxygen atoms in total. The van der Waals surface area contributed by atoms with Crippen molar-refractivity contribution < 1.29 is 14.3 Å². The molecule has 0 aliphatic carbocycles. The van der Waals surface area contributed by atoms with Gasteiger partial charge < -0.3 is 9.64 Å². The van der Waals surface area contributed by atoms with Gasteiger partial charge >= 0.3 is 5.97 Å². The second kappa shape index (κ2) is 6.81. The van der Waals surface area contributed by atoms with Gasteiger partial charge in [0.2, 0.25) is 5.91 Å². The number of benzene rings is 1. The normalized spacial score (nSPS) is 17.3. The van der Waals surface area contributed by atoms with Gasteiger partial charge in [-0.2, -0.15) is 0 Å². The minimum absolute atomic E-state index is 0.0101. The summed E-state index contributed by atoms with van der Waals surface area (Å²) in [7, 11) is 1.33. The smallest absolute Gasteiger partial charge is 0.338 e. The first-order valence-corrected chi connectivity index (χ1v) is 7.47. The van der Waals surface area contributed by atoms with Crippen molar-refractivity contribution in [3.63, 3.8) is 0 Å². The van der Waals surface area contributed by atoms with Crippen LogP contribution in [0, 0.1) is 12.8 Å². The van der Waals surface area contributed by atoms with Crippen molar-refractivity contribution in [3.8, 4) is 0 Å². The summed E-state index contributed by atoms with van der Waals surface area (Å²) in [5, 5.41) is 3.53. The molecule has 1 aromatic rings. The van der Waals surface area contributed by atoms with E-state index >= 15 is 0 Å². The fourth-order valence-electron chi connectivity index (χ4n) is 2.50. The first-order valence-electron chi connectivity index (χ1n) is 6.68. The minimum Gasteiger partial charge on any atom is -0.465 e. The molecular weight excluding hydrogens is 352 g/mol. The van der Waals surface area contributed by atoms with Crippen LogP contribution in [0.15, 0.2) is 21.7 Å². The molecule has 1 amide bonds. The van der Waals surface area contributed by atoms with Crippen LogP contribution in [-0.2, 0) is 9.53 Å². The Labute approximate surface area is 136 Å². The number of ether oxygens (including phenoxy) is 1. The van der Waals surface area contributed by atoms with Gasteiger partial charge in [-0.25, -0.2) is 4.79 Å². The number of halogens is 1. The van der Waals surface area contributed by atoms with Crippen LogP contribution in [0.3, 0.4) is 0 Å². The second-order valence-electron chi connectivity index (χ2n) is 5.05. The average Bonchev–Trinajstić information content (AvgIpc) is 2.88. The van der Waals surface area contributed by atoms with E-state index in [0.29, 0.717) is 35.2 Å². The maximum atomic E-state index is 12.2. The molecule has 116 valence electrons. The SMILES string of the molecule is COC(=O)c1ccc(N2CC(CN=[N+]=[N-])CC2=O)c(Br)c1C. The predicted octanol–water partition coefficient (Wildman–Crippen LogP) is 3.21. The zero-order valence-electron chi connectivity index (χ0n) is 12.2. The third-order valence-electron chi connectivity index (χ3n) is 3.67. The molecule has 1 aliphatic rings. The lowest BCUT2D eigenvalue weighted by Gasteiger charge is -2.20. The Bertz CT molecular complexity index is 670. The van der Waals surface area contributed by atoms with E-state index in [-0.39, 0.29) is 11.8 Å². The number of hydrogen-bond donors (Lipinski definition) is 0. The number of esters is 1. The minimum atomic E-state index is -0.418. The van der Waals surface area contributed by atoms with Gasteiger partial charge in [-0.15, -0.1) is 0 Å². The van der Waals surface area contributed by atoms with Crippen molar-refractivity contribution in [1.82, 2.24) is 0 Å². The van der Waals surface area contributed by atoms with Crippen LogP contribution in [0.1, 0.15) is 22.3 Å². The van der Waals surface area contributed by atoms with Crippen molar-refractivity contribution in [2.45, 2.75) is 13.3 Å². The molecule has 8 heteroatoms. The van der Waals surface area contributed by atoms with Gasteiger partial charge in [0, 0.05) is 28.9 Å². The average molecular weight is 367 g/mol. The zero-order valence-corrected chi connectivity index (χ0v) is 13.8. The number of anilines is 1.